The minimum atomic E-state index is 0.188. The van der Waals surface area contributed by atoms with Crippen LogP contribution in [0.2, 0.25) is 0 Å². The van der Waals surface area contributed by atoms with Crippen molar-refractivity contribution in [1.82, 2.24) is 15.5 Å². The van der Waals surface area contributed by atoms with Crippen LogP contribution in [-0.2, 0) is 0 Å². The van der Waals surface area contributed by atoms with Gasteiger partial charge >= 0.3 is 0 Å². The van der Waals surface area contributed by atoms with Crippen molar-refractivity contribution < 1.29 is 4.74 Å². The zero-order valence-corrected chi connectivity index (χ0v) is 6.21. The Bertz CT molecular complexity index is 203. The van der Waals surface area contributed by atoms with Gasteiger partial charge in [-0.05, 0) is 19.4 Å². The molecule has 0 aliphatic carbocycles. The molecule has 2 N–H and O–H groups in total. The van der Waals surface area contributed by atoms with Gasteiger partial charge in [0, 0.05) is 0 Å². The SMILES string of the molecule is c1n[nH]cc1OC1CCCN1. The number of ether oxygens (including phenoxy) is 1. The number of H-pyrrole nitrogens is 1. The highest BCUT2D eigenvalue weighted by Gasteiger charge is 2.15. The third kappa shape index (κ3) is 1.51. The summed E-state index contributed by atoms with van der Waals surface area (Å²) in [7, 11) is 0. The molecule has 1 atom stereocenters. The Kier molecular flexibility index (Phi) is 1.77. The van der Waals surface area contributed by atoms with E-state index in [2.05, 4.69) is 15.5 Å². The summed E-state index contributed by atoms with van der Waals surface area (Å²) in [6.07, 6.45) is 5.90. The number of nitrogens with one attached hydrogen (secondary N) is 2. The highest BCUT2D eigenvalue weighted by molar-refractivity contribution is 5.10. The topological polar surface area (TPSA) is 49.9 Å². The molecule has 1 fully saturated rings. The fourth-order valence-electron chi connectivity index (χ4n) is 1.22. The van der Waals surface area contributed by atoms with Crippen molar-refractivity contribution in [2.24, 2.45) is 0 Å². The Morgan fingerprint density at radius 2 is 2.64 bits per heavy atom. The van der Waals surface area contributed by atoms with Crippen LogP contribution in [0.3, 0.4) is 0 Å². The lowest BCUT2D eigenvalue weighted by atomic mass is 10.4. The van der Waals surface area contributed by atoms with Gasteiger partial charge in [0.25, 0.3) is 0 Å². The van der Waals surface area contributed by atoms with E-state index >= 15 is 0 Å². The average molecular weight is 153 g/mol. The molecule has 0 saturated carbocycles. The summed E-state index contributed by atoms with van der Waals surface area (Å²) in [4.78, 5) is 0. The van der Waals surface area contributed by atoms with Crippen molar-refractivity contribution in [2.45, 2.75) is 19.1 Å². The van der Waals surface area contributed by atoms with E-state index in [9.17, 15) is 0 Å². The van der Waals surface area contributed by atoms with Crippen molar-refractivity contribution in [3.05, 3.63) is 12.4 Å². The Morgan fingerprint density at radius 3 is 3.27 bits per heavy atom. The minimum Gasteiger partial charge on any atom is -0.472 e. The lowest BCUT2D eigenvalue weighted by Gasteiger charge is -2.10. The van der Waals surface area contributed by atoms with E-state index in [1.807, 2.05) is 0 Å². The van der Waals surface area contributed by atoms with Gasteiger partial charge in [-0.15, -0.1) is 0 Å². The van der Waals surface area contributed by atoms with Crippen LogP contribution in [0.25, 0.3) is 0 Å². The first-order valence-electron chi connectivity index (χ1n) is 3.84. The molecule has 0 aromatic carbocycles. The minimum absolute atomic E-state index is 0.188. The summed E-state index contributed by atoms with van der Waals surface area (Å²) in [6.45, 7) is 1.06. The van der Waals surface area contributed by atoms with Gasteiger partial charge in [0.15, 0.2) is 5.75 Å². The Hall–Kier alpha value is -1.03. The van der Waals surface area contributed by atoms with Gasteiger partial charge in [-0.1, -0.05) is 0 Å². The van der Waals surface area contributed by atoms with Crippen molar-refractivity contribution in [3.63, 3.8) is 0 Å². The molecule has 1 unspecified atom stereocenters. The lowest BCUT2D eigenvalue weighted by molar-refractivity contribution is 0.187. The van der Waals surface area contributed by atoms with E-state index in [1.54, 1.807) is 12.4 Å². The molecule has 1 aromatic heterocycles. The largest absolute Gasteiger partial charge is 0.472 e. The summed E-state index contributed by atoms with van der Waals surface area (Å²) in [5.74, 6) is 0.810. The zero-order valence-electron chi connectivity index (χ0n) is 6.21. The molecule has 2 heterocycles. The van der Waals surface area contributed by atoms with E-state index in [1.165, 1.54) is 6.42 Å². The first-order chi connectivity index (χ1) is 5.45. The Morgan fingerprint density at radius 1 is 1.64 bits per heavy atom. The van der Waals surface area contributed by atoms with Gasteiger partial charge in [-0.3, -0.25) is 10.4 Å². The molecule has 0 radical (unpaired) electrons. The van der Waals surface area contributed by atoms with Gasteiger partial charge < -0.3 is 4.74 Å². The van der Waals surface area contributed by atoms with E-state index in [0.29, 0.717) is 0 Å². The van der Waals surface area contributed by atoms with Gasteiger partial charge in [-0.2, -0.15) is 5.10 Å². The molecule has 0 amide bonds. The van der Waals surface area contributed by atoms with Crippen LogP contribution in [0.15, 0.2) is 12.4 Å². The molecule has 0 spiro atoms. The monoisotopic (exact) mass is 153 g/mol. The van der Waals surface area contributed by atoms with Crippen LogP contribution < -0.4 is 10.1 Å². The fourth-order valence-corrected chi connectivity index (χ4v) is 1.22. The summed E-state index contributed by atoms with van der Waals surface area (Å²) < 4.78 is 5.51. The fraction of sp³-hybridized carbons (Fsp3) is 0.571. The quantitative estimate of drug-likeness (QED) is 0.650. The number of rotatable bonds is 2. The Balaban J connectivity index is 1.90. The summed E-state index contributed by atoms with van der Waals surface area (Å²) >= 11 is 0. The summed E-state index contributed by atoms with van der Waals surface area (Å²) in [5.41, 5.74) is 0. The van der Waals surface area contributed by atoms with E-state index in [0.717, 1.165) is 18.7 Å². The molecular weight excluding hydrogens is 142 g/mol. The lowest BCUT2D eigenvalue weighted by Crippen LogP contribution is -2.27. The standard InChI is InChI=1S/C7H11N3O/c1-2-7(8-3-1)11-6-4-9-10-5-6/h4-5,7-8H,1-3H2,(H,9,10). The molecule has 1 saturated heterocycles. The maximum atomic E-state index is 5.51. The molecule has 1 aliphatic heterocycles. The molecule has 4 heteroatoms. The van der Waals surface area contributed by atoms with Gasteiger partial charge in [0.05, 0.1) is 12.4 Å². The first-order valence-corrected chi connectivity index (χ1v) is 3.84. The van der Waals surface area contributed by atoms with E-state index < -0.39 is 0 Å². The highest BCUT2D eigenvalue weighted by Crippen LogP contribution is 2.12. The number of hydrogen-bond acceptors (Lipinski definition) is 3. The maximum absolute atomic E-state index is 5.51. The number of hydrogen-bond donors (Lipinski definition) is 2. The molecule has 2 rings (SSSR count). The van der Waals surface area contributed by atoms with Gasteiger partial charge in [-0.25, -0.2) is 0 Å². The molecule has 60 valence electrons. The summed E-state index contributed by atoms with van der Waals surface area (Å²) in [5, 5.41) is 9.72. The first kappa shape index (κ1) is 6.67. The normalized spacial score (nSPS) is 23.8. The summed E-state index contributed by atoms with van der Waals surface area (Å²) in [6, 6.07) is 0. The van der Waals surface area contributed by atoms with Crippen LogP contribution in [0.4, 0.5) is 0 Å². The van der Waals surface area contributed by atoms with Crippen LogP contribution in [0.1, 0.15) is 12.8 Å². The number of nitrogens with zero attached hydrogens (tertiary/aromatic N) is 1. The second kappa shape index (κ2) is 2.92. The maximum Gasteiger partial charge on any atom is 0.159 e. The predicted molar refractivity (Wildman–Crippen MR) is 40.2 cm³/mol. The third-order valence-corrected chi connectivity index (χ3v) is 1.77. The zero-order chi connectivity index (χ0) is 7.52. The van der Waals surface area contributed by atoms with Crippen LogP contribution in [0.5, 0.6) is 5.75 Å². The molecule has 1 aliphatic rings. The van der Waals surface area contributed by atoms with Gasteiger partial charge in [0.2, 0.25) is 0 Å². The van der Waals surface area contributed by atoms with Crippen molar-refractivity contribution in [1.29, 1.82) is 0 Å². The Labute approximate surface area is 64.9 Å². The van der Waals surface area contributed by atoms with Crippen LogP contribution in [0, 0.1) is 0 Å². The van der Waals surface area contributed by atoms with E-state index in [-0.39, 0.29) is 6.23 Å². The second-order valence-corrected chi connectivity index (χ2v) is 2.64. The van der Waals surface area contributed by atoms with Crippen LogP contribution in [-0.4, -0.2) is 23.0 Å². The van der Waals surface area contributed by atoms with Crippen molar-refractivity contribution in [2.75, 3.05) is 6.54 Å². The third-order valence-electron chi connectivity index (χ3n) is 1.77. The molecule has 4 nitrogen and oxygen atoms in total. The number of aromatic amines is 1. The molecule has 11 heavy (non-hydrogen) atoms. The molecular formula is C7H11N3O. The molecule has 0 bridgehead atoms. The van der Waals surface area contributed by atoms with Crippen molar-refractivity contribution in [3.8, 4) is 5.75 Å². The van der Waals surface area contributed by atoms with Crippen molar-refractivity contribution >= 4 is 0 Å². The van der Waals surface area contributed by atoms with E-state index in [4.69, 9.17) is 4.74 Å². The average Bonchev–Trinajstić information content (AvgIpc) is 2.60. The predicted octanol–water partition coefficient (Wildman–Crippen LogP) is 0.498. The van der Waals surface area contributed by atoms with Crippen LogP contribution >= 0.6 is 0 Å². The second-order valence-electron chi connectivity index (χ2n) is 2.64. The smallest absolute Gasteiger partial charge is 0.159 e. The van der Waals surface area contributed by atoms with Gasteiger partial charge in [0.1, 0.15) is 6.23 Å². The number of aromatic nitrogens is 2. The molecule has 1 aromatic rings. The highest BCUT2D eigenvalue weighted by atomic mass is 16.5.